The summed E-state index contributed by atoms with van der Waals surface area (Å²) >= 11 is 12.7. The van der Waals surface area contributed by atoms with Gasteiger partial charge in [0.25, 0.3) is 0 Å². The highest BCUT2D eigenvalue weighted by Crippen LogP contribution is 2.25. The number of benzene rings is 1. The fourth-order valence-corrected chi connectivity index (χ4v) is 4.15. The SMILES string of the molecule is CC(C)n1c(CCNc2nn3cc(-c4ccc(Cl)cc4)nc3s2)n[nH]c1=S. The van der Waals surface area contributed by atoms with Crippen LogP contribution < -0.4 is 5.32 Å². The molecule has 3 heterocycles. The van der Waals surface area contributed by atoms with Crippen LogP contribution in [0.4, 0.5) is 5.13 Å². The number of anilines is 1. The average Bonchev–Trinajstić information content (AvgIpc) is 3.28. The molecule has 0 radical (unpaired) electrons. The quantitative estimate of drug-likeness (QED) is 0.446. The fraction of sp³-hybridized carbons (Fsp3) is 0.294. The number of rotatable bonds is 6. The number of aromatic nitrogens is 6. The van der Waals surface area contributed by atoms with Gasteiger partial charge in [0.2, 0.25) is 10.1 Å². The first-order chi connectivity index (χ1) is 13.0. The van der Waals surface area contributed by atoms with Crippen LogP contribution in [0.2, 0.25) is 5.02 Å². The normalized spacial score (nSPS) is 11.6. The van der Waals surface area contributed by atoms with Crippen LogP contribution in [-0.2, 0) is 6.42 Å². The molecular formula is C17H18ClN7S2. The molecular weight excluding hydrogens is 402 g/mol. The van der Waals surface area contributed by atoms with E-state index in [2.05, 4.69) is 39.4 Å². The van der Waals surface area contributed by atoms with Gasteiger partial charge in [-0.3, -0.25) is 5.10 Å². The van der Waals surface area contributed by atoms with Crippen LogP contribution in [0.15, 0.2) is 30.5 Å². The van der Waals surface area contributed by atoms with Crippen molar-refractivity contribution in [1.82, 2.24) is 29.4 Å². The van der Waals surface area contributed by atoms with Crippen molar-refractivity contribution in [2.45, 2.75) is 26.3 Å². The van der Waals surface area contributed by atoms with Crippen molar-refractivity contribution in [3.63, 3.8) is 0 Å². The Morgan fingerprint density at radius 3 is 2.78 bits per heavy atom. The standard InChI is InChI=1S/C17H18ClN7S2/c1-10(2)25-14(21-22-16(25)26)7-8-19-15-23-24-9-13(20-17(24)27-15)11-3-5-12(18)6-4-11/h3-6,9-10H,7-8H2,1-2H3,(H,19,23)(H,22,26). The molecule has 0 saturated heterocycles. The van der Waals surface area contributed by atoms with Gasteiger partial charge < -0.3 is 9.88 Å². The predicted molar refractivity (Wildman–Crippen MR) is 111 cm³/mol. The molecule has 0 atom stereocenters. The number of nitrogens with one attached hydrogen (secondary N) is 2. The molecule has 4 rings (SSSR count). The molecule has 7 nitrogen and oxygen atoms in total. The number of hydrogen-bond acceptors (Lipinski definition) is 6. The maximum absolute atomic E-state index is 5.94. The van der Waals surface area contributed by atoms with E-state index in [0.29, 0.717) is 16.3 Å². The molecule has 10 heteroatoms. The third kappa shape index (κ3) is 3.76. The Labute approximate surface area is 170 Å². The molecule has 0 fully saturated rings. The fourth-order valence-electron chi connectivity index (χ4n) is 2.86. The third-order valence-corrected chi connectivity index (χ3v) is 5.52. The molecule has 0 aliphatic carbocycles. The molecule has 0 amide bonds. The van der Waals surface area contributed by atoms with Gasteiger partial charge >= 0.3 is 0 Å². The summed E-state index contributed by atoms with van der Waals surface area (Å²) in [6, 6.07) is 7.90. The van der Waals surface area contributed by atoms with Gasteiger partial charge in [0, 0.05) is 29.6 Å². The summed E-state index contributed by atoms with van der Waals surface area (Å²) in [5.74, 6) is 0.939. The minimum Gasteiger partial charge on any atom is -0.360 e. The Morgan fingerprint density at radius 1 is 1.30 bits per heavy atom. The largest absolute Gasteiger partial charge is 0.360 e. The zero-order chi connectivity index (χ0) is 19.0. The van der Waals surface area contributed by atoms with Crippen molar-refractivity contribution in [2.75, 3.05) is 11.9 Å². The first-order valence-electron chi connectivity index (χ1n) is 8.53. The van der Waals surface area contributed by atoms with Crippen molar-refractivity contribution in [3.05, 3.63) is 46.1 Å². The average molecular weight is 420 g/mol. The lowest BCUT2D eigenvalue weighted by Crippen LogP contribution is -2.12. The molecule has 4 aromatic rings. The topological polar surface area (TPSA) is 75.8 Å². The van der Waals surface area contributed by atoms with Gasteiger partial charge in [-0.2, -0.15) is 5.10 Å². The van der Waals surface area contributed by atoms with Gasteiger partial charge in [0.15, 0.2) is 4.77 Å². The number of nitrogens with zero attached hydrogens (tertiary/aromatic N) is 5. The lowest BCUT2D eigenvalue weighted by Gasteiger charge is -2.10. The summed E-state index contributed by atoms with van der Waals surface area (Å²) < 4.78 is 4.48. The summed E-state index contributed by atoms with van der Waals surface area (Å²) in [4.78, 5) is 5.48. The molecule has 0 bridgehead atoms. The van der Waals surface area contributed by atoms with E-state index in [9.17, 15) is 0 Å². The Hall–Kier alpha value is -2.23. The van der Waals surface area contributed by atoms with Gasteiger partial charge in [-0.1, -0.05) is 35.1 Å². The van der Waals surface area contributed by atoms with Gasteiger partial charge in [0.05, 0.1) is 11.9 Å². The maximum atomic E-state index is 5.94. The van der Waals surface area contributed by atoms with Crippen LogP contribution in [0.25, 0.3) is 16.2 Å². The van der Waals surface area contributed by atoms with Gasteiger partial charge in [-0.15, -0.1) is 5.10 Å². The van der Waals surface area contributed by atoms with Gasteiger partial charge in [-0.25, -0.2) is 9.50 Å². The van der Waals surface area contributed by atoms with Crippen molar-refractivity contribution < 1.29 is 0 Å². The van der Waals surface area contributed by atoms with Crippen LogP contribution in [-0.4, -0.2) is 35.9 Å². The molecule has 140 valence electrons. The molecule has 0 aliphatic heterocycles. The Balaban J connectivity index is 1.44. The highest BCUT2D eigenvalue weighted by atomic mass is 35.5. The predicted octanol–water partition coefficient (Wildman–Crippen LogP) is 4.60. The zero-order valence-corrected chi connectivity index (χ0v) is 17.2. The van der Waals surface area contributed by atoms with Crippen LogP contribution in [0.3, 0.4) is 0 Å². The second-order valence-electron chi connectivity index (χ2n) is 6.35. The highest BCUT2D eigenvalue weighted by Gasteiger charge is 2.11. The molecule has 0 saturated carbocycles. The lowest BCUT2D eigenvalue weighted by molar-refractivity contribution is 0.562. The third-order valence-electron chi connectivity index (χ3n) is 4.10. The van der Waals surface area contributed by atoms with E-state index in [1.807, 2.05) is 35.0 Å². The molecule has 0 spiro atoms. The Kier molecular flexibility index (Phi) is 4.98. The second kappa shape index (κ2) is 7.41. The minimum atomic E-state index is 0.278. The van der Waals surface area contributed by atoms with E-state index in [-0.39, 0.29) is 6.04 Å². The number of aromatic amines is 1. The van der Waals surface area contributed by atoms with E-state index in [1.54, 1.807) is 4.52 Å². The Bertz CT molecular complexity index is 1090. The molecule has 1 aromatic carbocycles. The van der Waals surface area contributed by atoms with Crippen molar-refractivity contribution >= 4 is 45.2 Å². The zero-order valence-electron chi connectivity index (χ0n) is 14.8. The van der Waals surface area contributed by atoms with Crippen LogP contribution in [0.5, 0.6) is 0 Å². The number of halogens is 1. The maximum Gasteiger partial charge on any atom is 0.214 e. The van der Waals surface area contributed by atoms with Gasteiger partial charge in [-0.05, 0) is 38.2 Å². The summed E-state index contributed by atoms with van der Waals surface area (Å²) in [6.45, 7) is 4.90. The van der Waals surface area contributed by atoms with Crippen molar-refractivity contribution in [1.29, 1.82) is 0 Å². The first-order valence-corrected chi connectivity index (χ1v) is 10.1. The van der Waals surface area contributed by atoms with Crippen LogP contribution in [0, 0.1) is 4.77 Å². The number of hydrogen-bond donors (Lipinski definition) is 2. The smallest absolute Gasteiger partial charge is 0.214 e. The number of H-pyrrole nitrogens is 1. The van der Waals surface area contributed by atoms with Crippen molar-refractivity contribution in [3.8, 4) is 11.3 Å². The number of fused-ring (bicyclic) bond motifs is 1. The van der Waals surface area contributed by atoms with E-state index >= 15 is 0 Å². The first kappa shape index (κ1) is 18.1. The Morgan fingerprint density at radius 2 is 2.07 bits per heavy atom. The molecule has 2 N–H and O–H groups in total. The van der Waals surface area contributed by atoms with Gasteiger partial charge in [0.1, 0.15) is 5.82 Å². The van der Waals surface area contributed by atoms with Crippen LogP contribution in [0.1, 0.15) is 25.7 Å². The van der Waals surface area contributed by atoms with E-state index in [0.717, 1.165) is 33.6 Å². The number of imidazole rings is 1. The molecule has 0 aliphatic rings. The summed E-state index contributed by atoms with van der Waals surface area (Å²) in [6.07, 6.45) is 2.67. The molecule has 3 aromatic heterocycles. The molecule has 0 unspecified atom stereocenters. The van der Waals surface area contributed by atoms with E-state index in [1.165, 1.54) is 11.3 Å². The van der Waals surface area contributed by atoms with Crippen LogP contribution >= 0.6 is 35.2 Å². The molecule has 27 heavy (non-hydrogen) atoms. The van der Waals surface area contributed by atoms with Crippen molar-refractivity contribution in [2.24, 2.45) is 0 Å². The lowest BCUT2D eigenvalue weighted by atomic mass is 10.2. The van der Waals surface area contributed by atoms with E-state index in [4.69, 9.17) is 23.8 Å². The summed E-state index contributed by atoms with van der Waals surface area (Å²) in [7, 11) is 0. The monoisotopic (exact) mass is 419 g/mol. The summed E-state index contributed by atoms with van der Waals surface area (Å²) in [5.41, 5.74) is 1.90. The second-order valence-corrected chi connectivity index (χ2v) is 8.13. The summed E-state index contributed by atoms with van der Waals surface area (Å²) in [5, 5.41) is 16.6. The van der Waals surface area contributed by atoms with E-state index < -0.39 is 0 Å². The highest BCUT2D eigenvalue weighted by molar-refractivity contribution is 7.71. The minimum absolute atomic E-state index is 0.278.